The smallest absolute Gasteiger partial charge is 0.240 e. The number of aliphatic hydroxyl groups excluding tert-OH is 1. The molecule has 0 aromatic heterocycles. The Morgan fingerprint density at radius 2 is 2.11 bits per heavy atom. The fourth-order valence-electron chi connectivity index (χ4n) is 1.87. The van der Waals surface area contributed by atoms with Gasteiger partial charge < -0.3 is 5.11 Å². The molecule has 1 aromatic carbocycles. The van der Waals surface area contributed by atoms with E-state index in [4.69, 9.17) is 5.11 Å². The van der Waals surface area contributed by atoms with Crippen LogP contribution in [0.3, 0.4) is 0 Å². The van der Waals surface area contributed by atoms with E-state index >= 15 is 0 Å². The summed E-state index contributed by atoms with van der Waals surface area (Å²) < 4.78 is 27.1. The highest BCUT2D eigenvalue weighted by Crippen LogP contribution is 2.28. The Morgan fingerprint density at radius 3 is 2.67 bits per heavy atom. The maximum Gasteiger partial charge on any atom is 0.240 e. The molecule has 100 valence electrons. The molecule has 1 aliphatic rings. The van der Waals surface area contributed by atoms with Gasteiger partial charge in [0.2, 0.25) is 10.0 Å². The summed E-state index contributed by atoms with van der Waals surface area (Å²) in [7, 11) is -3.45. The molecule has 1 aliphatic carbocycles. The Bertz CT molecular complexity index is 521. The Balaban J connectivity index is 2.27. The normalized spacial score (nSPS) is 15.9. The zero-order valence-electron chi connectivity index (χ0n) is 10.5. The van der Waals surface area contributed by atoms with Crippen LogP contribution in [0, 0.1) is 5.92 Å². The van der Waals surface area contributed by atoms with Crippen molar-refractivity contribution in [3.05, 3.63) is 29.3 Å². The van der Waals surface area contributed by atoms with Gasteiger partial charge in [-0.1, -0.05) is 19.1 Å². The van der Waals surface area contributed by atoms with E-state index in [1.54, 1.807) is 18.2 Å². The molecule has 4 nitrogen and oxygen atoms in total. The molecule has 2 N–H and O–H groups in total. The van der Waals surface area contributed by atoms with E-state index < -0.39 is 10.0 Å². The van der Waals surface area contributed by atoms with Crippen LogP contribution in [0.25, 0.3) is 0 Å². The van der Waals surface area contributed by atoms with Crippen molar-refractivity contribution in [1.82, 2.24) is 4.72 Å². The van der Waals surface area contributed by atoms with Gasteiger partial charge >= 0.3 is 0 Å². The molecular weight excluding hydrogens is 250 g/mol. The lowest BCUT2D eigenvalue weighted by atomic mass is 10.1. The van der Waals surface area contributed by atoms with Gasteiger partial charge in [0, 0.05) is 6.54 Å². The molecular formula is C13H19NO3S. The minimum atomic E-state index is -3.45. The molecule has 1 saturated carbocycles. The molecule has 5 heteroatoms. The lowest BCUT2D eigenvalue weighted by molar-refractivity contribution is 0.281. The van der Waals surface area contributed by atoms with Crippen molar-refractivity contribution in [1.29, 1.82) is 0 Å². The molecule has 0 amide bonds. The van der Waals surface area contributed by atoms with Crippen molar-refractivity contribution in [3.8, 4) is 0 Å². The minimum absolute atomic E-state index is 0.144. The molecule has 0 atom stereocenters. The van der Waals surface area contributed by atoms with Crippen molar-refractivity contribution in [3.63, 3.8) is 0 Å². The van der Waals surface area contributed by atoms with Gasteiger partial charge in [0.25, 0.3) is 0 Å². The van der Waals surface area contributed by atoms with Crippen LogP contribution in [0.2, 0.25) is 0 Å². The zero-order chi connectivity index (χ0) is 13.2. The van der Waals surface area contributed by atoms with Crippen molar-refractivity contribution >= 4 is 10.0 Å². The van der Waals surface area contributed by atoms with Gasteiger partial charge in [-0.25, -0.2) is 13.1 Å². The van der Waals surface area contributed by atoms with Gasteiger partial charge in [-0.05, 0) is 42.4 Å². The fraction of sp³-hybridized carbons (Fsp3) is 0.538. The summed E-state index contributed by atoms with van der Waals surface area (Å²) in [6.45, 7) is 2.30. The number of benzene rings is 1. The first kappa shape index (κ1) is 13.5. The minimum Gasteiger partial charge on any atom is -0.392 e. The van der Waals surface area contributed by atoms with Gasteiger partial charge in [-0.3, -0.25) is 0 Å². The molecule has 0 spiro atoms. The molecule has 0 heterocycles. The summed E-state index contributed by atoms with van der Waals surface area (Å²) in [5.74, 6) is 0.505. The summed E-state index contributed by atoms with van der Waals surface area (Å²) in [4.78, 5) is 0.303. The van der Waals surface area contributed by atoms with Gasteiger partial charge in [0.1, 0.15) is 0 Å². The molecule has 1 fully saturated rings. The van der Waals surface area contributed by atoms with Crippen molar-refractivity contribution in [2.75, 3.05) is 6.54 Å². The van der Waals surface area contributed by atoms with Crippen LogP contribution in [0.15, 0.2) is 23.1 Å². The Labute approximate surface area is 108 Å². The summed E-state index contributed by atoms with van der Waals surface area (Å²) in [6, 6.07) is 5.10. The summed E-state index contributed by atoms with van der Waals surface area (Å²) in [6.07, 6.45) is 2.88. The first-order valence-electron chi connectivity index (χ1n) is 6.29. The highest BCUT2D eigenvalue weighted by molar-refractivity contribution is 7.89. The molecule has 1 aromatic rings. The van der Waals surface area contributed by atoms with Gasteiger partial charge in [-0.2, -0.15) is 0 Å². The van der Waals surface area contributed by atoms with E-state index in [2.05, 4.69) is 4.72 Å². The maximum absolute atomic E-state index is 12.2. The number of sulfonamides is 1. The van der Waals surface area contributed by atoms with Gasteiger partial charge in [-0.15, -0.1) is 0 Å². The molecule has 0 unspecified atom stereocenters. The monoisotopic (exact) mass is 269 g/mol. The SMILES string of the molecule is CCc1ccc(CO)cc1S(=O)(=O)NCC1CC1. The summed E-state index contributed by atoms with van der Waals surface area (Å²) in [5, 5.41) is 9.10. The summed E-state index contributed by atoms with van der Waals surface area (Å²) >= 11 is 0. The van der Waals surface area contributed by atoms with E-state index in [-0.39, 0.29) is 6.61 Å². The Morgan fingerprint density at radius 1 is 1.39 bits per heavy atom. The number of nitrogens with one attached hydrogen (secondary N) is 1. The largest absolute Gasteiger partial charge is 0.392 e. The van der Waals surface area contributed by atoms with Crippen LogP contribution in [0.1, 0.15) is 30.9 Å². The third-order valence-electron chi connectivity index (χ3n) is 3.24. The topological polar surface area (TPSA) is 66.4 Å². The molecule has 0 saturated heterocycles. The highest BCUT2D eigenvalue weighted by Gasteiger charge is 2.25. The second-order valence-corrected chi connectivity index (χ2v) is 6.48. The second-order valence-electron chi connectivity index (χ2n) is 4.75. The average molecular weight is 269 g/mol. The predicted octanol–water partition coefficient (Wildman–Crippen LogP) is 1.43. The van der Waals surface area contributed by atoms with Crippen LogP contribution in [0.4, 0.5) is 0 Å². The Hall–Kier alpha value is -0.910. The number of hydrogen-bond acceptors (Lipinski definition) is 3. The van der Waals surface area contributed by atoms with Crippen LogP contribution in [-0.2, 0) is 23.1 Å². The molecule has 0 bridgehead atoms. The standard InChI is InChI=1S/C13H19NO3S/c1-2-12-6-5-11(9-15)7-13(12)18(16,17)14-8-10-3-4-10/h5-7,10,14-15H,2-4,8-9H2,1H3. The number of aliphatic hydroxyl groups is 1. The highest BCUT2D eigenvalue weighted by atomic mass is 32.2. The van der Waals surface area contributed by atoms with Crippen molar-refractivity contribution in [2.24, 2.45) is 5.92 Å². The molecule has 2 rings (SSSR count). The second kappa shape index (κ2) is 5.38. The average Bonchev–Trinajstić information content (AvgIpc) is 3.19. The van der Waals surface area contributed by atoms with Crippen LogP contribution >= 0.6 is 0 Å². The first-order chi connectivity index (χ1) is 8.56. The molecule has 0 aliphatic heterocycles. The van der Waals surface area contributed by atoms with Crippen LogP contribution in [-0.4, -0.2) is 20.1 Å². The third-order valence-corrected chi connectivity index (χ3v) is 4.75. The summed E-state index contributed by atoms with van der Waals surface area (Å²) in [5.41, 5.74) is 1.41. The van der Waals surface area contributed by atoms with E-state index in [9.17, 15) is 8.42 Å². The van der Waals surface area contributed by atoms with E-state index in [1.807, 2.05) is 6.92 Å². The number of rotatable bonds is 6. The quantitative estimate of drug-likeness (QED) is 0.821. The van der Waals surface area contributed by atoms with E-state index in [0.717, 1.165) is 18.4 Å². The molecule has 0 radical (unpaired) electrons. The fourth-order valence-corrected chi connectivity index (χ4v) is 3.34. The number of aryl methyl sites for hydroxylation is 1. The maximum atomic E-state index is 12.2. The van der Waals surface area contributed by atoms with E-state index in [0.29, 0.717) is 29.3 Å². The zero-order valence-corrected chi connectivity index (χ0v) is 11.3. The first-order valence-corrected chi connectivity index (χ1v) is 7.77. The van der Waals surface area contributed by atoms with E-state index in [1.165, 1.54) is 0 Å². The van der Waals surface area contributed by atoms with Gasteiger partial charge in [0.15, 0.2) is 0 Å². The lowest BCUT2D eigenvalue weighted by Crippen LogP contribution is -2.26. The number of hydrogen-bond donors (Lipinski definition) is 2. The Kier molecular flexibility index (Phi) is 4.04. The molecule has 18 heavy (non-hydrogen) atoms. The van der Waals surface area contributed by atoms with Gasteiger partial charge in [0.05, 0.1) is 11.5 Å². The van der Waals surface area contributed by atoms with Crippen molar-refractivity contribution in [2.45, 2.75) is 37.7 Å². The lowest BCUT2D eigenvalue weighted by Gasteiger charge is -2.11. The third kappa shape index (κ3) is 3.10. The predicted molar refractivity (Wildman–Crippen MR) is 69.7 cm³/mol. The van der Waals surface area contributed by atoms with Crippen LogP contribution < -0.4 is 4.72 Å². The van der Waals surface area contributed by atoms with Crippen molar-refractivity contribution < 1.29 is 13.5 Å². The van der Waals surface area contributed by atoms with Crippen LogP contribution in [0.5, 0.6) is 0 Å².